The Hall–Kier alpha value is -0.610. The van der Waals surface area contributed by atoms with Gasteiger partial charge in [-0.2, -0.15) is 0 Å². The van der Waals surface area contributed by atoms with Gasteiger partial charge in [0.05, 0.1) is 6.04 Å². The Labute approximate surface area is 97.6 Å². The molecule has 2 aliphatic rings. The molecule has 2 rings (SSSR count). The van der Waals surface area contributed by atoms with Gasteiger partial charge < -0.3 is 11.1 Å². The van der Waals surface area contributed by atoms with Crippen LogP contribution < -0.4 is 11.1 Å². The minimum atomic E-state index is -0.216. The maximum atomic E-state index is 11.4. The predicted octanol–water partition coefficient (Wildman–Crippen LogP) is 0.323. The minimum absolute atomic E-state index is 0.175. The van der Waals surface area contributed by atoms with Crippen molar-refractivity contribution in [1.82, 2.24) is 10.2 Å². The smallest absolute Gasteiger partial charge is 0.234 e. The Kier molecular flexibility index (Phi) is 3.50. The van der Waals surface area contributed by atoms with Crippen molar-refractivity contribution in [3.8, 4) is 0 Å². The number of primary amides is 1. The Morgan fingerprint density at radius 2 is 2.12 bits per heavy atom. The number of carbonyl (C=O) groups is 1. The zero-order valence-corrected chi connectivity index (χ0v) is 10.3. The van der Waals surface area contributed by atoms with E-state index in [-0.39, 0.29) is 17.9 Å². The summed E-state index contributed by atoms with van der Waals surface area (Å²) in [5.41, 5.74) is 5.44. The van der Waals surface area contributed by atoms with E-state index >= 15 is 0 Å². The Morgan fingerprint density at radius 1 is 1.38 bits per heavy atom. The monoisotopic (exact) mass is 225 g/mol. The zero-order valence-electron chi connectivity index (χ0n) is 10.3. The molecule has 2 fully saturated rings. The Bertz CT molecular complexity index is 267. The van der Waals surface area contributed by atoms with Crippen molar-refractivity contribution >= 4 is 5.91 Å². The summed E-state index contributed by atoms with van der Waals surface area (Å²) < 4.78 is 0. The second kappa shape index (κ2) is 4.72. The van der Waals surface area contributed by atoms with Gasteiger partial charge in [0.25, 0.3) is 0 Å². The summed E-state index contributed by atoms with van der Waals surface area (Å²) in [5.74, 6) is 0.0550. The van der Waals surface area contributed by atoms with Crippen LogP contribution >= 0.6 is 0 Å². The first-order chi connectivity index (χ1) is 7.59. The molecule has 0 aromatic carbocycles. The van der Waals surface area contributed by atoms with E-state index in [9.17, 15) is 4.79 Å². The molecule has 0 aliphatic carbocycles. The Morgan fingerprint density at radius 3 is 2.75 bits per heavy atom. The van der Waals surface area contributed by atoms with Gasteiger partial charge in [0.15, 0.2) is 0 Å². The molecule has 2 saturated heterocycles. The van der Waals surface area contributed by atoms with Gasteiger partial charge in [-0.25, -0.2) is 0 Å². The van der Waals surface area contributed by atoms with E-state index in [1.165, 1.54) is 25.9 Å². The topological polar surface area (TPSA) is 58.4 Å². The average molecular weight is 225 g/mol. The highest BCUT2D eigenvalue weighted by molar-refractivity contribution is 5.80. The van der Waals surface area contributed by atoms with Crippen LogP contribution in [0.2, 0.25) is 0 Å². The van der Waals surface area contributed by atoms with Gasteiger partial charge in [-0.05, 0) is 31.7 Å². The molecule has 4 nitrogen and oxygen atoms in total. The number of nitrogens with one attached hydrogen (secondary N) is 1. The fourth-order valence-corrected chi connectivity index (χ4v) is 3.11. The van der Waals surface area contributed by atoms with Gasteiger partial charge in [-0.1, -0.05) is 13.8 Å². The van der Waals surface area contributed by atoms with Crippen LogP contribution in [0.4, 0.5) is 0 Å². The SMILES string of the molecule is CC(C)C(NC1CCN2CCCC12)C(N)=O. The molecule has 0 aromatic heterocycles. The lowest BCUT2D eigenvalue weighted by Crippen LogP contribution is -2.52. The lowest BCUT2D eigenvalue weighted by atomic mass is 9.99. The summed E-state index contributed by atoms with van der Waals surface area (Å²) in [6.45, 7) is 6.49. The molecular weight excluding hydrogens is 202 g/mol. The summed E-state index contributed by atoms with van der Waals surface area (Å²) in [5, 5.41) is 3.47. The second-order valence-electron chi connectivity index (χ2n) is 5.43. The number of nitrogens with two attached hydrogens (primary N) is 1. The molecule has 3 N–H and O–H groups in total. The summed E-state index contributed by atoms with van der Waals surface area (Å²) in [6, 6.07) is 0.925. The summed E-state index contributed by atoms with van der Waals surface area (Å²) in [6.07, 6.45) is 3.72. The highest BCUT2D eigenvalue weighted by atomic mass is 16.1. The number of amides is 1. The molecule has 16 heavy (non-hydrogen) atoms. The number of fused-ring (bicyclic) bond motifs is 1. The minimum Gasteiger partial charge on any atom is -0.368 e. The van der Waals surface area contributed by atoms with Crippen LogP contribution in [0, 0.1) is 5.92 Å². The van der Waals surface area contributed by atoms with E-state index in [0.717, 1.165) is 6.42 Å². The largest absolute Gasteiger partial charge is 0.368 e. The maximum Gasteiger partial charge on any atom is 0.234 e. The van der Waals surface area contributed by atoms with Crippen molar-refractivity contribution < 1.29 is 4.79 Å². The molecule has 0 radical (unpaired) electrons. The van der Waals surface area contributed by atoms with Crippen molar-refractivity contribution in [2.24, 2.45) is 11.7 Å². The van der Waals surface area contributed by atoms with Gasteiger partial charge in [0, 0.05) is 18.6 Å². The van der Waals surface area contributed by atoms with Gasteiger partial charge in [-0.15, -0.1) is 0 Å². The molecular formula is C12H23N3O. The van der Waals surface area contributed by atoms with Crippen LogP contribution in [-0.2, 0) is 4.79 Å². The first kappa shape index (κ1) is 11.9. The van der Waals surface area contributed by atoms with Crippen molar-refractivity contribution in [2.75, 3.05) is 13.1 Å². The van der Waals surface area contributed by atoms with E-state index in [1.807, 2.05) is 13.8 Å². The normalized spacial score (nSPS) is 31.9. The van der Waals surface area contributed by atoms with Crippen molar-refractivity contribution in [3.63, 3.8) is 0 Å². The molecule has 0 aromatic rings. The zero-order chi connectivity index (χ0) is 11.7. The quantitative estimate of drug-likeness (QED) is 0.724. The number of hydrogen-bond acceptors (Lipinski definition) is 3. The Balaban J connectivity index is 1.95. The van der Waals surface area contributed by atoms with Crippen LogP contribution in [-0.4, -0.2) is 42.0 Å². The molecule has 0 saturated carbocycles. The lowest BCUT2D eigenvalue weighted by molar-refractivity contribution is -0.121. The standard InChI is InChI=1S/C12H23N3O/c1-8(2)11(12(13)16)14-9-5-7-15-6-3-4-10(9)15/h8-11,14H,3-7H2,1-2H3,(H2,13,16). The third-order valence-electron chi connectivity index (χ3n) is 3.97. The predicted molar refractivity (Wildman–Crippen MR) is 64.0 cm³/mol. The summed E-state index contributed by atoms with van der Waals surface area (Å²) in [7, 11) is 0. The van der Waals surface area contributed by atoms with E-state index in [0.29, 0.717) is 12.1 Å². The summed E-state index contributed by atoms with van der Waals surface area (Å²) in [4.78, 5) is 13.9. The highest BCUT2D eigenvalue weighted by Crippen LogP contribution is 2.28. The molecule has 0 bridgehead atoms. The van der Waals surface area contributed by atoms with Gasteiger partial charge in [0.2, 0.25) is 5.91 Å². The molecule has 0 spiro atoms. The van der Waals surface area contributed by atoms with Crippen molar-refractivity contribution in [3.05, 3.63) is 0 Å². The van der Waals surface area contributed by atoms with Gasteiger partial charge in [0.1, 0.15) is 0 Å². The van der Waals surface area contributed by atoms with E-state index in [2.05, 4.69) is 10.2 Å². The average Bonchev–Trinajstić information content (AvgIpc) is 2.75. The first-order valence-corrected chi connectivity index (χ1v) is 6.39. The molecule has 92 valence electrons. The second-order valence-corrected chi connectivity index (χ2v) is 5.43. The van der Waals surface area contributed by atoms with E-state index in [1.54, 1.807) is 0 Å². The number of carbonyl (C=O) groups excluding carboxylic acids is 1. The molecule has 1 amide bonds. The fourth-order valence-electron chi connectivity index (χ4n) is 3.11. The van der Waals surface area contributed by atoms with Crippen molar-refractivity contribution in [1.29, 1.82) is 0 Å². The third kappa shape index (κ3) is 2.23. The van der Waals surface area contributed by atoms with Gasteiger partial charge >= 0.3 is 0 Å². The van der Waals surface area contributed by atoms with Crippen LogP contribution in [0.1, 0.15) is 33.1 Å². The molecule has 2 heterocycles. The van der Waals surface area contributed by atoms with Gasteiger partial charge in [-0.3, -0.25) is 9.69 Å². The van der Waals surface area contributed by atoms with Crippen LogP contribution in [0.3, 0.4) is 0 Å². The van der Waals surface area contributed by atoms with Crippen LogP contribution in [0.15, 0.2) is 0 Å². The first-order valence-electron chi connectivity index (χ1n) is 6.39. The van der Waals surface area contributed by atoms with Crippen molar-refractivity contribution in [2.45, 2.75) is 51.2 Å². The van der Waals surface area contributed by atoms with Crippen LogP contribution in [0.25, 0.3) is 0 Å². The molecule has 3 atom stereocenters. The maximum absolute atomic E-state index is 11.4. The lowest BCUT2D eigenvalue weighted by Gasteiger charge is -2.27. The summed E-state index contributed by atoms with van der Waals surface area (Å²) >= 11 is 0. The molecule has 2 aliphatic heterocycles. The van der Waals surface area contributed by atoms with Crippen LogP contribution in [0.5, 0.6) is 0 Å². The number of rotatable bonds is 4. The highest BCUT2D eigenvalue weighted by Gasteiger charge is 2.38. The molecule has 4 heteroatoms. The van der Waals surface area contributed by atoms with E-state index in [4.69, 9.17) is 5.73 Å². The third-order valence-corrected chi connectivity index (χ3v) is 3.97. The van der Waals surface area contributed by atoms with E-state index < -0.39 is 0 Å². The molecule has 3 unspecified atom stereocenters. The number of nitrogens with zero attached hydrogens (tertiary/aromatic N) is 1. The fraction of sp³-hybridized carbons (Fsp3) is 0.917. The number of hydrogen-bond donors (Lipinski definition) is 2.